The lowest BCUT2D eigenvalue weighted by Gasteiger charge is -2.17. The van der Waals surface area contributed by atoms with Crippen molar-refractivity contribution >= 4 is 23.3 Å². The van der Waals surface area contributed by atoms with Gasteiger partial charge in [-0.3, -0.25) is 4.79 Å². The Morgan fingerprint density at radius 2 is 2.21 bits per heavy atom. The molecule has 2 amide bonds. The second-order valence-electron chi connectivity index (χ2n) is 4.20. The molecular formula is C13H20N2O3S. The highest BCUT2D eigenvalue weighted by Gasteiger charge is 2.08. The smallest absolute Gasteiger partial charge is 0.317 e. The minimum absolute atomic E-state index is 0.0912. The first kappa shape index (κ1) is 15.5. The summed E-state index contributed by atoms with van der Waals surface area (Å²) >= 11 is 1.63. The number of nitrogens with zero attached hydrogens (tertiary/aromatic N) is 1. The van der Waals surface area contributed by atoms with Gasteiger partial charge in [0.15, 0.2) is 0 Å². The van der Waals surface area contributed by atoms with E-state index in [0.717, 1.165) is 17.7 Å². The van der Waals surface area contributed by atoms with Crippen LogP contribution in [0.5, 0.6) is 0 Å². The summed E-state index contributed by atoms with van der Waals surface area (Å²) in [6, 6.07) is 3.88. The van der Waals surface area contributed by atoms with Crippen molar-refractivity contribution in [2.45, 2.75) is 25.8 Å². The number of esters is 1. The van der Waals surface area contributed by atoms with Crippen LogP contribution in [0.3, 0.4) is 0 Å². The zero-order valence-corrected chi connectivity index (χ0v) is 12.2. The first-order valence-electron chi connectivity index (χ1n) is 6.21. The average Bonchev–Trinajstić information content (AvgIpc) is 2.90. The lowest BCUT2D eigenvalue weighted by molar-refractivity contribution is -0.140. The maximum absolute atomic E-state index is 11.8. The molecule has 0 fully saturated rings. The zero-order chi connectivity index (χ0) is 14.1. The molecule has 0 saturated carbocycles. The number of unbranched alkanes of at least 4 members (excludes halogenated alkanes) is 1. The highest BCUT2D eigenvalue weighted by molar-refractivity contribution is 7.09. The number of nitrogens with one attached hydrogen (secondary N) is 1. The van der Waals surface area contributed by atoms with Crippen LogP contribution in [0, 0.1) is 0 Å². The number of carbonyl (C=O) groups excluding carboxylic acids is 2. The van der Waals surface area contributed by atoms with Crippen molar-refractivity contribution < 1.29 is 14.3 Å². The Morgan fingerprint density at radius 3 is 2.84 bits per heavy atom. The Balaban J connectivity index is 2.11. The fourth-order valence-corrected chi connectivity index (χ4v) is 2.29. The van der Waals surface area contributed by atoms with Crippen molar-refractivity contribution in [3.63, 3.8) is 0 Å². The Hall–Kier alpha value is -1.56. The van der Waals surface area contributed by atoms with Gasteiger partial charge in [0.1, 0.15) is 0 Å². The second-order valence-corrected chi connectivity index (χ2v) is 5.23. The monoisotopic (exact) mass is 284 g/mol. The molecule has 0 aliphatic carbocycles. The van der Waals surface area contributed by atoms with Crippen molar-refractivity contribution in [2.75, 3.05) is 20.7 Å². The molecule has 0 radical (unpaired) electrons. The van der Waals surface area contributed by atoms with E-state index in [4.69, 9.17) is 0 Å². The number of carbonyl (C=O) groups is 2. The molecule has 0 aromatic carbocycles. The Bertz CT molecular complexity index is 393. The number of methoxy groups -OCH3 is 1. The van der Waals surface area contributed by atoms with Gasteiger partial charge in [-0.15, -0.1) is 11.3 Å². The second kappa shape index (κ2) is 8.53. The number of hydrogen-bond acceptors (Lipinski definition) is 4. The third-order valence-electron chi connectivity index (χ3n) is 2.63. The summed E-state index contributed by atoms with van der Waals surface area (Å²) in [5.41, 5.74) is 0. The van der Waals surface area contributed by atoms with E-state index in [1.54, 1.807) is 23.3 Å². The maximum Gasteiger partial charge on any atom is 0.317 e. The van der Waals surface area contributed by atoms with Crippen molar-refractivity contribution in [1.29, 1.82) is 0 Å². The van der Waals surface area contributed by atoms with Crippen LogP contribution in [0.2, 0.25) is 0 Å². The van der Waals surface area contributed by atoms with Gasteiger partial charge in [0.25, 0.3) is 0 Å². The number of hydrogen-bond donors (Lipinski definition) is 1. The number of amides is 2. The molecular weight excluding hydrogens is 264 g/mol. The van der Waals surface area contributed by atoms with Crippen LogP contribution in [-0.2, 0) is 16.1 Å². The summed E-state index contributed by atoms with van der Waals surface area (Å²) in [6.45, 7) is 1.19. The van der Waals surface area contributed by atoms with Crippen LogP contribution in [0.1, 0.15) is 24.1 Å². The third-order valence-corrected chi connectivity index (χ3v) is 3.49. The Kier molecular flexibility index (Phi) is 6.95. The Labute approximate surface area is 117 Å². The summed E-state index contributed by atoms with van der Waals surface area (Å²) in [4.78, 5) is 25.4. The number of rotatable bonds is 7. The topological polar surface area (TPSA) is 58.6 Å². The minimum Gasteiger partial charge on any atom is -0.469 e. The molecule has 19 heavy (non-hydrogen) atoms. The summed E-state index contributed by atoms with van der Waals surface area (Å²) in [5, 5.41) is 4.82. The van der Waals surface area contributed by atoms with Crippen molar-refractivity contribution in [1.82, 2.24) is 10.2 Å². The van der Waals surface area contributed by atoms with Gasteiger partial charge in [0.05, 0.1) is 13.7 Å². The zero-order valence-electron chi connectivity index (χ0n) is 11.3. The molecule has 1 aromatic rings. The standard InChI is InChI=1S/C13H20N2O3S/c1-15(10-11-6-5-9-19-11)13(17)14-8-4-3-7-12(16)18-2/h5-6,9H,3-4,7-8,10H2,1-2H3,(H,14,17). The van der Waals surface area contributed by atoms with E-state index in [0.29, 0.717) is 19.5 Å². The van der Waals surface area contributed by atoms with E-state index in [2.05, 4.69) is 10.1 Å². The van der Waals surface area contributed by atoms with Crippen molar-refractivity contribution in [3.05, 3.63) is 22.4 Å². The van der Waals surface area contributed by atoms with E-state index < -0.39 is 0 Å². The van der Waals surface area contributed by atoms with Crippen LogP contribution in [-0.4, -0.2) is 37.6 Å². The molecule has 0 aliphatic heterocycles. The molecule has 0 saturated heterocycles. The van der Waals surface area contributed by atoms with E-state index in [9.17, 15) is 9.59 Å². The van der Waals surface area contributed by atoms with Gasteiger partial charge in [-0.1, -0.05) is 6.07 Å². The van der Waals surface area contributed by atoms with Gasteiger partial charge in [0.2, 0.25) is 0 Å². The van der Waals surface area contributed by atoms with E-state index in [1.165, 1.54) is 7.11 Å². The van der Waals surface area contributed by atoms with Crippen LogP contribution in [0.15, 0.2) is 17.5 Å². The molecule has 5 nitrogen and oxygen atoms in total. The largest absolute Gasteiger partial charge is 0.469 e. The molecule has 6 heteroatoms. The van der Waals surface area contributed by atoms with Crippen LogP contribution >= 0.6 is 11.3 Å². The SMILES string of the molecule is COC(=O)CCCCNC(=O)N(C)Cc1cccs1. The quantitative estimate of drug-likeness (QED) is 0.617. The molecule has 0 spiro atoms. The van der Waals surface area contributed by atoms with Crippen molar-refractivity contribution in [3.8, 4) is 0 Å². The maximum atomic E-state index is 11.8. The fraction of sp³-hybridized carbons (Fsp3) is 0.538. The van der Waals surface area contributed by atoms with Gasteiger partial charge in [-0.2, -0.15) is 0 Å². The molecule has 1 heterocycles. The average molecular weight is 284 g/mol. The van der Waals surface area contributed by atoms with Crippen molar-refractivity contribution in [2.24, 2.45) is 0 Å². The summed E-state index contributed by atoms with van der Waals surface area (Å²) < 4.78 is 4.54. The molecule has 106 valence electrons. The van der Waals surface area contributed by atoms with Gasteiger partial charge >= 0.3 is 12.0 Å². The van der Waals surface area contributed by atoms with Crippen LogP contribution in [0.25, 0.3) is 0 Å². The molecule has 0 bridgehead atoms. The molecule has 0 unspecified atom stereocenters. The predicted octanol–water partition coefficient (Wildman–Crippen LogP) is 2.23. The molecule has 0 atom stereocenters. The molecule has 0 aliphatic rings. The van der Waals surface area contributed by atoms with E-state index in [1.807, 2.05) is 17.5 Å². The summed E-state index contributed by atoms with van der Waals surface area (Å²) in [7, 11) is 3.15. The van der Waals surface area contributed by atoms with Crippen LogP contribution < -0.4 is 5.32 Å². The highest BCUT2D eigenvalue weighted by Crippen LogP contribution is 2.10. The summed E-state index contributed by atoms with van der Waals surface area (Å²) in [6.07, 6.45) is 1.90. The molecule has 1 rings (SSSR count). The van der Waals surface area contributed by atoms with Gasteiger partial charge in [-0.25, -0.2) is 4.79 Å². The lowest BCUT2D eigenvalue weighted by atomic mass is 10.2. The fourth-order valence-electron chi connectivity index (χ4n) is 1.53. The minimum atomic E-state index is -0.207. The first-order chi connectivity index (χ1) is 9.13. The van der Waals surface area contributed by atoms with Gasteiger partial charge < -0.3 is 15.0 Å². The number of urea groups is 1. The number of thiophene rings is 1. The van der Waals surface area contributed by atoms with Gasteiger partial charge in [-0.05, 0) is 24.3 Å². The number of ether oxygens (including phenoxy) is 1. The lowest BCUT2D eigenvalue weighted by Crippen LogP contribution is -2.37. The first-order valence-corrected chi connectivity index (χ1v) is 7.09. The normalized spacial score (nSPS) is 10.0. The highest BCUT2D eigenvalue weighted by atomic mass is 32.1. The predicted molar refractivity (Wildman–Crippen MR) is 75.1 cm³/mol. The summed E-state index contributed by atoms with van der Waals surface area (Å²) in [5.74, 6) is -0.207. The van der Waals surface area contributed by atoms with E-state index in [-0.39, 0.29) is 12.0 Å². The van der Waals surface area contributed by atoms with Crippen LogP contribution in [0.4, 0.5) is 4.79 Å². The Morgan fingerprint density at radius 1 is 1.42 bits per heavy atom. The molecule has 1 aromatic heterocycles. The van der Waals surface area contributed by atoms with E-state index >= 15 is 0 Å². The molecule has 1 N–H and O–H groups in total. The van der Waals surface area contributed by atoms with Gasteiger partial charge in [0, 0.05) is 24.9 Å². The third kappa shape index (κ3) is 6.24.